The molecule has 0 aliphatic rings. The Morgan fingerprint density at radius 3 is 2.79 bits per heavy atom. The van der Waals surface area contributed by atoms with Crippen molar-refractivity contribution >= 4 is 48.2 Å². The molecule has 6 nitrogen and oxygen atoms in total. The van der Waals surface area contributed by atoms with Gasteiger partial charge in [-0.2, -0.15) is 0 Å². The van der Waals surface area contributed by atoms with E-state index in [9.17, 15) is 4.79 Å². The van der Waals surface area contributed by atoms with Crippen molar-refractivity contribution in [2.75, 3.05) is 38.7 Å². The largest absolute Gasteiger partial charge is 0.497 e. The summed E-state index contributed by atoms with van der Waals surface area (Å²) in [5.74, 6) is 1.41. The highest BCUT2D eigenvalue weighted by Crippen LogP contribution is 2.34. The fourth-order valence-corrected chi connectivity index (χ4v) is 4.55. The lowest BCUT2D eigenvalue weighted by Gasteiger charge is -2.12. The van der Waals surface area contributed by atoms with Gasteiger partial charge in [0.2, 0.25) is 0 Å². The summed E-state index contributed by atoms with van der Waals surface area (Å²) in [5.41, 5.74) is 0.798. The van der Waals surface area contributed by atoms with E-state index in [2.05, 4.69) is 10.6 Å². The van der Waals surface area contributed by atoms with E-state index in [1.54, 1.807) is 18.4 Å². The van der Waals surface area contributed by atoms with Crippen molar-refractivity contribution in [3.8, 4) is 5.75 Å². The smallest absolute Gasteiger partial charge is 0.196 e. The van der Waals surface area contributed by atoms with Gasteiger partial charge in [0, 0.05) is 28.6 Å². The molecule has 0 amide bonds. The third kappa shape index (κ3) is 3.89. The molecule has 4 aromatic rings. The molecule has 29 heavy (non-hydrogen) atoms. The zero-order valence-electron chi connectivity index (χ0n) is 16.2. The Labute approximate surface area is 172 Å². The highest BCUT2D eigenvalue weighted by atomic mass is 32.1. The lowest BCUT2D eigenvalue weighted by molar-refractivity contribution is 0.292. The lowest BCUT2D eigenvalue weighted by Crippen LogP contribution is -2.21. The van der Waals surface area contributed by atoms with Gasteiger partial charge in [-0.05, 0) is 37.2 Å². The van der Waals surface area contributed by atoms with Gasteiger partial charge in [-0.25, -0.2) is 4.98 Å². The van der Waals surface area contributed by atoms with E-state index in [-0.39, 0.29) is 12.0 Å². The molecule has 0 atom stereocenters. The first-order valence-corrected chi connectivity index (χ1v) is 10.4. The summed E-state index contributed by atoms with van der Waals surface area (Å²) in [4.78, 5) is 18.2. The summed E-state index contributed by atoms with van der Waals surface area (Å²) >= 11 is 1.57. The van der Waals surface area contributed by atoms with E-state index in [0.29, 0.717) is 23.1 Å². The number of rotatable bonds is 8. The molecule has 0 radical (unpaired) electrons. The van der Waals surface area contributed by atoms with Gasteiger partial charge < -0.3 is 20.5 Å². The van der Waals surface area contributed by atoms with Crippen molar-refractivity contribution in [1.82, 2.24) is 10.3 Å². The summed E-state index contributed by atoms with van der Waals surface area (Å²) < 4.78 is 7.09. The SMILES string of the molecule is COc1ccc2sc3c(NCCCNCCO)nc4ccccc4c3c(=O)c2c1. The van der Waals surface area contributed by atoms with E-state index >= 15 is 0 Å². The van der Waals surface area contributed by atoms with Crippen LogP contribution in [0.5, 0.6) is 5.75 Å². The van der Waals surface area contributed by atoms with Gasteiger partial charge in [0.25, 0.3) is 0 Å². The minimum absolute atomic E-state index is 0.00101. The lowest BCUT2D eigenvalue weighted by atomic mass is 10.1. The molecule has 2 heterocycles. The number of pyridine rings is 1. The van der Waals surface area contributed by atoms with E-state index < -0.39 is 0 Å². The highest BCUT2D eigenvalue weighted by Gasteiger charge is 2.15. The Hall–Kier alpha value is -2.74. The molecule has 0 unspecified atom stereocenters. The third-order valence-corrected chi connectivity index (χ3v) is 6.01. The first-order chi connectivity index (χ1) is 14.2. The summed E-state index contributed by atoms with van der Waals surface area (Å²) in [6.45, 7) is 2.25. The molecule has 0 fully saturated rings. The topological polar surface area (TPSA) is 83.5 Å². The van der Waals surface area contributed by atoms with E-state index in [1.165, 1.54) is 0 Å². The van der Waals surface area contributed by atoms with Crippen LogP contribution in [-0.2, 0) is 0 Å². The number of para-hydroxylation sites is 1. The maximum atomic E-state index is 13.4. The Morgan fingerprint density at radius 1 is 1.10 bits per heavy atom. The highest BCUT2D eigenvalue weighted by molar-refractivity contribution is 7.25. The second kappa shape index (κ2) is 8.73. The van der Waals surface area contributed by atoms with E-state index in [4.69, 9.17) is 14.8 Å². The van der Waals surface area contributed by atoms with Gasteiger partial charge in [-0.1, -0.05) is 18.2 Å². The molecular weight excluding hydrogens is 386 g/mol. The van der Waals surface area contributed by atoms with Crippen molar-refractivity contribution in [3.05, 3.63) is 52.7 Å². The quantitative estimate of drug-likeness (QED) is 0.235. The Bertz CT molecular complexity index is 1220. The minimum atomic E-state index is -0.00101. The number of aliphatic hydroxyl groups excluding tert-OH is 1. The van der Waals surface area contributed by atoms with Crippen LogP contribution in [0.25, 0.3) is 31.1 Å². The first kappa shape index (κ1) is 19.6. The maximum Gasteiger partial charge on any atom is 0.196 e. The van der Waals surface area contributed by atoms with Gasteiger partial charge in [-0.3, -0.25) is 4.79 Å². The summed E-state index contributed by atoms with van der Waals surface area (Å²) in [5, 5.41) is 17.6. The first-order valence-electron chi connectivity index (χ1n) is 9.61. The monoisotopic (exact) mass is 409 g/mol. The van der Waals surface area contributed by atoms with Crippen LogP contribution in [-0.4, -0.2) is 43.4 Å². The van der Waals surface area contributed by atoms with Gasteiger partial charge in [0.1, 0.15) is 11.6 Å². The number of fused-ring (bicyclic) bond motifs is 4. The number of nitrogens with zero attached hydrogens (tertiary/aromatic N) is 1. The molecule has 0 bridgehead atoms. The number of hydrogen-bond donors (Lipinski definition) is 3. The molecule has 0 saturated carbocycles. The molecule has 2 aromatic carbocycles. The van der Waals surface area contributed by atoms with Crippen molar-refractivity contribution in [2.24, 2.45) is 0 Å². The summed E-state index contributed by atoms with van der Waals surface area (Å²) in [6.07, 6.45) is 0.885. The van der Waals surface area contributed by atoms with Crippen LogP contribution in [0, 0.1) is 0 Å². The molecule has 0 aliphatic carbocycles. The molecule has 0 saturated heterocycles. The van der Waals surface area contributed by atoms with Crippen LogP contribution in [0.3, 0.4) is 0 Å². The zero-order chi connectivity index (χ0) is 20.2. The number of methoxy groups -OCH3 is 1. The van der Waals surface area contributed by atoms with Crippen LogP contribution in [0.1, 0.15) is 6.42 Å². The number of nitrogens with one attached hydrogen (secondary N) is 2. The number of anilines is 1. The predicted molar refractivity (Wildman–Crippen MR) is 121 cm³/mol. The average Bonchev–Trinajstić information content (AvgIpc) is 2.76. The van der Waals surface area contributed by atoms with Gasteiger partial charge in [-0.15, -0.1) is 11.3 Å². The van der Waals surface area contributed by atoms with Crippen molar-refractivity contribution in [1.29, 1.82) is 0 Å². The van der Waals surface area contributed by atoms with Crippen molar-refractivity contribution in [3.63, 3.8) is 0 Å². The normalized spacial score (nSPS) is 11.4. The molecule has 0 spiro atoms. The number of benzene rings is 2. The minimum Gasteiger partial charge on any atom is -0.497 e. The van der Waals surface area contributed by atoms with Crippen LogP contribution in [0.2, 0.25) is 0 Å². The van der Waals surface area contributed by atoms with E-state index in [1.807, 2.05) is 42.5 Å². The van der Waals surface area contributed by atoms with Crippen LogP contribution < -0.4 is 20.8 Å². The number of aliphatic hydroxyl groups is 1. The zero-order valence-corrected chi connectivity index (χ0v) is 17.0. The third-order valence-electron chi connectivity index (χ3n) is 4.83. The second-order valence-electron chi connectivity index (χ2n) is 6.73. The van der Waals surface area contributed by atoms with Crippen LogP contribution >= 0.6 is 11.3 Å². The molecule has 0 aliphatic heterocycles. The Morgan fingerprint density at radius 2 is 1.97 bits per heavy atom. The maximum absolute atomic E-state index is 13.4. The van der Waals surface area contributed by atoms with Gasteiger partial charge >= 0.3 is 0 Å². The van der Waals surface area contributed by atoms with Crippen LogP contribution in [0.4, 0.5) is 5.82 Å². The van der Waals surface area contributed by atoms with E-state index in [0.717, 1.165) is 45.6 Å². The molecule has 3 N–H and O–H groups in total. The van der Waals surface area contributed by atoms with Gasteiger partial charge in [0.05, 0.1) is 29.3 Å². The summed E-state index contributed by atoms with van der Waals surface area (Å²) in [6, 6.07) is 13.4. The standard InChI is InChI=1S/C22H23N3O3S/c1-28-14-7-8-18-16(13-14)20(27)19-15-5-2-3-6-17(15)25-22(21(19)29-18)24-10-4-9-23-11-12-26/h2-3,5-8,13,23,26H,4,9-12H2,1H3,(H,24,25). The van der Waals surface area contributed by atoms with Gasteiger partial charge in [0.15, 0.2) is 5.43 Å². The number of aromatic nitrogens is 1. The fraction of sp³-hybridized carbons (Fsp3) is 0.273. The Kier molecular flexibility index (Phi) is 5.89. The molecule has 7 heteroatoms. The van der Waals surface area contributed by atoms with Crippen LogP contribution in [0.15, 0.2) is 47.3 Å². The fourth-order valence-electron chi connectivity index (χ4n) is 3.41. The number of ether oxygens (including phenoxy) is 1. The molecular formula is C22H23N3O3S. The molecule has 150 valence electrons. The molecule has 4 rings (SSSR count). The Balaban J connectivity index is 1.83. The van der Waals surface area contributed by atoms with Crippen molar-refractivity contribution in [2.45, 2.75) is 6.42 Å². The summed E-state index contributed by atoms with van der Waals surface area (Å²) in [7, 11) is 1.60. The van der Waals surface area contributed by atoms with Crippen molar-refractivity contribution < 1.29 is 9.84 Å². The number of hydrogen-bond acceptors (Lipinski definition) is 7. The second-order valence-corrected chi connectivity index (χ2v) is 7.78. The average molecular weight is 410 g/mol. The molecule has 2 aromatic heterocycles. The predicted octanol–water partition coefficient (Wildman–Crippen LogP) is 3.36.